The zero-order valence-electron chi connectivity index (χ0n) is 12.9. The molecule has 0 unspecified atom stereocenters. The molecule has 20 heavy (non-hydrogen) atoms. The van der Waals surface area contributed by atoms with E-state index in [2.05, 4.69) is 12.2 Å². The number of carbonyl (C=O) groups is 1. The fourth-order valence-corrected chi connectivity index (χ4v) is 3.06. The molecule has 3 heteroatoms. The number of benzene rings is 1. The first-order valence-electron chi connectivity index (χ1n) is 7.58. The molecule has 0 saturated heterocycles. The molecule has 0 aliphatic heterocycles. The van der Waals surface area contributed by atoms with Gasteiger partial charge in [-0.1, -0.05) is 37.0 Å². The van der Waals surface area contributed by atoms with Crippen molar-refractivity contribution in [3.63, 3.8) is 0 Å². The summed E-state index contributed by atoms with van der Waals surface area (Å²) in [6.07, 6.45) is 6.55. The standard InChI is InChI=1S/C17H26N2O/c1-14-7-9-15(10-8-14)19(3)16(20)13-17(18-2)11-5-4-6-12-17/h7-10,18H,4-6,11-13H2,1-3H3. The lowest BCUT2D eigenvalue weighted by molar-refractivity contribution is -0.120. The summed E-state index contributed by atoms with van der Waals surface area (Å²) in [5.74, 6) is 0.199. The number of carbonyl (C=O) groups excluding carboxylic acids is 1. The van der Waals surface area contributed by atoms with Crippen LogP contribution < -0.4 is 10.2 Å². The van der Waals surface area contributed by atoms with Gasteiger partial charge in [-0.3, -0.25) is 4.79 Å². The molecule has 1 N–H and O–H groups in total. The molecule has 0 radical (unpaired) electrons. The van der Waals surface area contributed by atoms with Crippen molar-refractivity contribution in [2.75, 3.05) is 19.0 Å². The van der Waals surface area contributed by atoms with Gasteiger partial charge >= 0.3 is 0 Å². The number of aryl methyl sites for hydroxylation is 1. The first-order valence-corrected chi connectivity index (χ1v) is 7.58. The number of rotatable bonds is 4. The number of nitrogens with zero attached hydrogens (tertiary/aromatic N) is 1. The normalized spacial score (nSPS) is 17.8. The maximum Gasteiger partial charge on any atom is 0.228 e. The fraction of sp³-hybridized carbons (Fsp3) is 0.588. The van der Waals surface area contributed by atoms with Crippen LogP contribution in [0.2, 0.25) is 0 Å². The SMILES string of the molecule is CNC1(CC(=O)N(C)c2ccc(C)cc2)CCCCC1. The highest BCUT2D eigenvalue weighted by molar-refractivity contribution is 5.93. The fourth-order valence-electron chi connectivity index (χ4n) is 3.06. The Labute approximate surface area is 122 Å². The van der Waals surface area contributed by atoms with Gasteiger partial charge in [0.2, 0.25) is 5.91 Å². The van der Waals surface area contributed by atoms with Crippen LogP contribution in [0.5, 0.6) is 0 Å². The molecule has 0 bridgehead atoms. The quantitative estimate of drug-likeness (QED) is 0.914. The van der Waals surface area contributed by atoms with E-state index in [-0.39, 0.29) is 11.4 Å². The van der Waals surface area contributed by atoms with Gasteiger partial charge in [0, 0.05) is 24.7 Å². The third kappa shape index (κ3) is 3.40. The highest BCUT2D eigenvalue weighted by Gasteiger charge is 2.33. The minimum Gasteiger partial charge on any atom is -0.315 e. The van der Waals surface area contributed by atoms with Gasteiger partial charge in [0.25, 0.3) is 0 Å². The molecule has 0 aromatic heterocycles. The third-order valence-electron chi connectivity index (χ3n) is 4.63. The van der Waals surface area contributed by atoms with Gasteiger partial charge in [-0.05, 0) is 38.9 Å². The lowest BCUT2D eigenvalue weighted by Gasteiger charge is -2.37. The Morgan fingerprint density at radius 1 is 1.20 bits per heavy atom. The summed E-state index contributed by atoms with van der Waals surface area (Å²) >= 11 is 0. The number of hydrogen-bond acceptors (Lipinski definition) is 2. The predicted octanol–water partition coefficient (Wildman–Crippen LogP) is 3.27. The smallest absolute Gasteiger partial charge is 0.228 e. The largest absolute Gasteiger partial charge is 0.315 e. The molecule has 110 valence electrons. The van der Waals surface area contributed by atoms with Crippen molar-refractivity contribution in [1.82, 2.24) is 5.32 Å². The number of nitrogens with one attached hydrogen (secondary N) is 1. The monoisotopic (exact) mass is 274 g/mol. The van der Waals surface area contributed by atoms with Gasteiger partial charge in [-0.25, -0.2) is 0 Å². The maximum atomic E-state index is 12.5. The van der Waals surface area contributed by atoms with Gasteiger partial charge in [0.05, 0.1) is 0 Å². The van der Waals surface area contributed by atoms with E-state index in [0.29, 0.717) is 6.42 Å². The van der Waals surface area contributed by atoms with E-state index < -0.39 is 0 Å². The van der Waals surface area contributed by atoms with Crippen LogP contribution in [-0.4, -0.2) is 25.5 Å². The van der Waals surface area contributed by atoms with Crippen molar-refractivity contribution >= 4 is 11.6 Å². The zero-order valence-corrected chi connectivity index (χ0v) is 12.9. The van der Waals surface area contributed by atoms with Crippen molar-refractivity contribution in [2.45, 2.75) is 51.0 Å². The van der Waals surface area contributed by atoms with Crippen LogP contribution in [0.25, 0.3) is 0 Å². The zero-order chi connectivity index (χ0) is 14.6. The number of amides is 1. The topological polar surface area (TPSA) is 32.3 Å². The molecule has 0 spiro atoms. The first kappa shape index (κ1) is 15.0. The van der Waals surface area contributed by atoms with Gasteiger partial charge < -0.3 is 10.2 Å². The Morgan fingerprint density at radius 2 is 1.80 bits per heavy atom. The number of hydrogen-bond donors (Lipinski definition) is 1. The summed E-state index contributed by atoms with van der Waals surface area (Å²) in [5.41, 5.74) is 2.20. The second-order valence-corrected chi connectivity index (χ2v) is 6.06. The van der Waals surface area contributed by atoms with Crippen molar-refractivity contribution in [1.29, 1.82) is 0 Å². The molecule has 1 aliphatic rings. The van der Waals surface area contributed by atoms with Crippen LogP contribution in [0.3, 0.4) is 0 Å². The molecular weight excluding hydrogens is 248 g/mol. The summed E-state index contributed by atoms with van der Waals surface area (Å²) in [5, 5.41) is 3.42. The average molecular weight is 274 g/mol. The molecule has 1 saturated carbocycles. The molecule has 1 aliphatic carbocycles. The summed E-state index contributed by atoms with van der Waals surface area (Å²) < 4.78 is 0. The molecule has 1 amide bonds. The molecule has 3 nitrogen and oxygen atoms in total. The Balaban J connectivity index is 2.04. The summed E-state index contributed by atoms with van der Waals surface area (Å²) in [7, 11) is 3.86. The predicted molar refractivity (Wildman–Crippen MR) is 84.1 cm³/mol. The number of anilines is 1. The molecule has 1 fully saturated rings. The van der Waals surface area contributed by atoms with Crippen LogP contribution >= 0.6 is 0 Å². The minimum absolute atomic E-state index is 0.00822. The Kier molecular flexibility index (Phi) is 4.81. The van der Waals surface area contributed by atoms with Crippen LogP contribution in [0.4, 0.5) is 5.69 Å². The third-order valence-corrected chi connectivity index (χ3v) is 4.63. The second kappa shape index (κ2) is 6.40. The lowest BCUT2D eigenvalue weighted by atomic mass is 9.79. The summed E-state index contributed by atoms with van der Waals surface area (Å²) in [4.78, 5) is 14.3. The van der Waals surface area contributed by atoms with Crippen LogP contribution in [0, 0.1) is 6.92 Å². The van der Waals surface area contributed by atoms with E-state index in [1.807, 2.05) is 38.4 Å². The van der Waals surface area contributed by atoms with Crippen LogP contribution in [0.15, 0.2) is 24.3 Å². The van der Waals surface area contributed by atoms with E-state index in [1.165, 1.54) is 24.8 Å². The Hall–Kier alpha value is -1.35. The molecule has 2 rings (SSSR count). The average Bonchev–Trinajstić information content (AvgIpc) is 2.48. The van der Waals surface area contributed by atoms with E-state index in [0.717, 1.165) is 18.5 Å². The highest BCUT2D eigenvalue weighted by Crippen LogP contribution is 2.31. The van der Waals surface area contributed by atoms with Crippen molar-refractivity contribution in [2.24, 2.45) is 0 Å². The Morgan fingerprint density at radius 3 is 2.35 bits per heavy atom. The van der Waals surface area contributed by atoms with E-state index in [1.54, 1.807) is 4.90 Å². The van der Waals surface area contributed by atoms with E-state index in [9.17, 15) is 4.79 Å². The van der Waals surface area contributed by atoms with Crippen molar-refractivity contribution in [3.8, 4) is 0 Å². The first-order chi connectivity index (χ1) is 9.56. The lowest BCUT2D eigenvalue weighted by Crippen LogP contribution is -2.48. The summed E-state index contributed by atoms with van der Waals surface area (Å²) in [6.45, 7) is 2.06. The highest BCUT2D eigenvalue weighted by atomic mass is 16.2. The molecule has 1 aromatic carbocycles. The van der Waals surface area contributed by atoms with Gasteiger partial charge in [-0.2, -0.15) is 0 Å². The van der Waals surface area contributed by atoms with Crippen molar-refractivity contribution < 1.29 is 4.79 Å². The minimum atomic E-state index is 0.00822. The van der Waals surface area contributed by atoms with Gasteiger partial charge in [-0.15, -0.1) is 0 Å². The maximum absolute atomic E-state index is 12.5. The molecule has 0 heterocycles. The van der Waals surface area contributed by atoms with E-state index in [4.69, 9.17) is 0 Å². The van der Waals surface area contributed by atoms with Gasteiger partial charge in [0.15, 0.2) is 0 Å². The molecule has 1 aromatic rings. The molecular formula is C17H26N2O. The van der Waals surface area contributed by atoms with Crippen molar-refractivity contribution in [3.05, 3.63) is 29.8 Å². The van der Waals surface area contributed by atoms with Crippen LogP contribution in [0.1, 0.15) is 44.1 Å². The second-order valence-electron chi connectivity index (χ2n) is 6.06. The Bertz CT molecular complexity index is 447. The van der Waals surface area contributed by atoms with E-state index >= 15 is 0 Å². The van der Waals surface area contributed by atoms with Crippen LogP contribution in [-0.2, 0) is 4.79 Å². The van der Waals surface area contributed by atoms with Gasteiger partial charge in [0.1, 0.15) is 0 Å². The summed E-state index contributed by atoms with van der Waals surface area (Å²) in [6, 6.07) is 8.13. The molecule has 0 atom stereocenters.